The van der Waals surface area contributed by atoms with Crippen LogP contribution in [0.15, 0.2) is 52.2 Å². The van der Waals surface area contributed by atoms with Gasteiger partial charge in [-0.3, -0.25) is 4.99 Å². The number of nitrogens with zero attached hydrogens (tertiary/aromatic N) is 5. The first-order valence-electron chi connectivity index (χ1n) is 12.1. The summed E-state index contributed by atoms with van der Waals surface area (Å²) >= 11 is 7.83. The molecule has 1 fully saturated rings. The van der Waals surface area contributed by atoms with Crippen LogP contribution in [-0.4, -0.2) is 58.0 Å². The van der Waals surface area contributed by atoms with Crippen molar-refractivity contribution < 1.29 is 23.8 Å². The number of benzene rings is 1. The summed E-state index contributed by atoms with van der Waals surface area (Å²) in [5.74, 6) is -1.26. The van der Waals surface area contributed by atoms with Gasteiger partial charge in [-0.25, -0.2) is 28.9 Å². The summed E-state index contributed by atoms with van der Waals surface area (Å²) in [5.41, 5.74) is 1.90. The van der Waals surface area contributed by atoms with E-state index < -0.39 is 23.8 Å². The minimum atomic E-state index is -1.07. The fraction of sp³-hybridized carbons (Fsp3) is 0.308. The maximum Gasteiger partial charge on any atom is 0.339 e. The number of halogens is 2. The third-order valence-corrected chi connectivity index (χ3v) is 7.86. The Hall–Kier alpha value is -3.90. The van der Waals surface area contributed by atoms with Gasteiger partial charge in [0.15, 0.2) is 10.8 Å². The lowest BCUT2D eigenvalue weighted by molar-refractivity contribution is -0.136. The number of piperidine rings is 1. The van der Waals surface area contributed by atoms with Crippen LogP contribution in [0.1, 0.15) is 45.5 Å². The van der Waals surface area contributed by atoms with Crippen LogP contribution in [-0.2, 0) is 9.53 Å². The van der Waals surface area contributed by atoms with Crippen LogP contribution in [0.3, 0.4) is 0 Å². The summed E-state index contributed by atoms with van der Waals surface area (Å²) in [4.78, 5) is 44.3. The molecule has 1 saturated heterocycles. The van der Waals surface area contributed by atoms with E-state index in [4.69, 9.17) is 21.3 Å². The van der Waals surface area contributed by atoms with Gasteiger partial charge in [-0.05, 0) is 31.9 Å². The van der Waals surface area contributed by atoms with Crippen molar-refractivity contribution >= 4 is 46.7 Å². The number of aromatic carboxylic acids is 1. The number of aliphatic imine (C=N–C) groups is 1. The largest absolute Gasteiger partial charge is 0.478 e. The quantitative estimate of drug-likeness (QED) is 0.419. The standard InChI is InChI=1S/C26H24ClFN6O4S/c1-13-17(24(35)36)12-30-26(31-13)34-8-5-14(6-9-34)20-19(25(37)38-2)21(16-4-3-15(28)11-18(16)27)33-22(32-20)23-29-7-10-39-23/h3-4,7,10-12,14,21H,5-6,8-9H2,1-2H3,(H,32,33)(H,35,36). The van der Waals surface area contributed by atoms with Gasteiger partial charge in [-0.2, -0.15) is 0 Å². The molecule has 2 aliphatic heterocycles. The van der Waals surface area contributed by atoms with Crippen LogP contribution < -0.4 is 10.2 Å². The number of esters is 1. The number of allylic oxidation sites excluding steroid dienone is 1. The molecule has 39 heavy (non-hydrogen) atoms. The second-order valence-electron chi connectivity index (χ2n) is 9.06. The van der Waals surface area contributed by atoms with E-state index in [9.17, 15) is 19.1 Å². The molecule has 3 aromatic rings. The molecule has 0 bridgehead atoms. The summed E-state index contributed by atoms with van der Waals surface area (Å²) < 4.78 is 19.1. The number of hydrogen-bond acceptors (Lipinski definition) is 10. The molecule has 13 heteroatoms. The lowest BCUT2D eigenvalue weighted by Gasteiger charge is -2.36. The molecule has 10 nitrogen and oxygen atoms in total. The normalized spacial score (nSPS) is 18.0. The van der Waals surface area contributed by atoms with Gasteiger partial charge in [-0.15, -0.1) is 11.3 Å². The van der Waals surface area contributed by atoms with Gasteiger partial charge in [0.1, 0.15) is 11.9 Å². The Morgan fingerprint density at radius 3 is 2.64 bits per heavy atom. The minimum absolute atomic E-state index is 0.0624. The zero-order valence-electron chi connectivity index (χ0n) is 21.0. The van der Waals surface area contributed by atoms with Crippen LogP contribution in [0.2, 0.25) is 5.02 Å². The molecule has 2 N–H and O–H groups in total. The Morgan fingerprint density at radius 1 is 1.26 bits per heavy atom. The van der Waals surface area contributed by atoms with E-state index in [1.165, 1.54) is 42.8 Å². The fourth-order valence-electron chi connectivity index (χ4n) is 4.80. The van der Waals surface area contributed by atoms with Crippen LogP contribution in [0.25, 0.3) is 0 Å². The van der Waals surface area contributed by atoms with Crippen molar-refractivity contribution in [1.82, 2.24) is 20.3 Å². The number of carboxylic acid groups (broad SMARTS) is 1. The number of thiazole rings is 1. The number of carboxylic acids is 1. The molecule has 4 heterocycles. The molecule has 5 rings (SSSR count). The number of nitrogens with one attached hydrogen (secondary N) is 1. The third kappa shape index (κ3) is 5.34. The van der Waals surface area contributed by atoms with E-state index in [0.29, 0.717) is 65.3 Å². The summed E-state index contributed by atoms with van der Waals surface area (Å²) in [6, 6.07) is 3.18. The Bertz CT molecular complexity index is 1490. The van der Waals surface area contributed by atoms with Crippen LogP contribution in [0.4, 0.5) is 10.3 Å². The number of carbonyl (C=O) groups is 2. The average molecular weight is 571 g/mol. The van der Waals surface area contributed by atoms with E-state index in [2.05, 4.69) is 20.3 Å². The lowest BCUT2D eigenvalue weighted by atomic mass is 9.85. The van der Waals surface area contributed by atoms with Gasteiger partial charge in [-0.1, -0.05) is 17.7 Å². The maximum absolute atomic E-state index is 13.9. The zero-order valence-corrected chi connectivity index (χ0v) is 22.6. The molecule has 1 unspecified atom stereocenters. The molecule has 2 aliphatic rings. The van der Waals surface area contributed by atoms with Crippen molar-refractivity contribution in [1.29, 1.82) is 0 Å². The first-order valence-corrected chi connectivity index (χ1v) is 13.4. The summed E-state index contributed by atoms with van der Waals surface area (Å²) in [6.45, 7) is 2.78. The SMILES string of the molecule is COC(=O)C1=C(C2CCN(c3ncc(C(=O)O)c(C)n3)CC2)NC(c2nccs2)=NC1c1ccc(F)cc1Cl. The van der Waals surface area contributed by atoms with E-state index in [1.54, 1.807) is 13.1 Å². The average Bonchev–Trinajstić information content (AvgIpc) is 3.47. The number of rotatable bonds is 6. The van der Waals surface area contributed by atoms with Gasteiger partial charge in [0.25, 0.3) is 0 Å². The van der Waals surface area contributed by atoms with Gasteiger partial charge >= 0.3 is 11.9 Å². The Kier molecular flexibility index (Phi) is 7.58. The number of hydrogen-bond donors (Lipinski definition) is 2. The monoisotopic (exact) mass is 570 g/mol. The van der Waals surface area contributed by atoms with Crippen molar-refractivity contribution in [3.63, 3.8) is 0 Å². The predicted molar refractivity (Wildman–Crippen MR) is 144 cm³/mol. The second kappa shape index (κ2) is 11.1. The molecule has 202 valence electrons. The molecule has 0 amide bonds. The van der Waals surface area contributed by atoms with Crippen molar-refractivity contribution in [3.8, 4) is 0 Å². The van der Waals surface area contributed by atoms with E-state index in [0.717, 1.165) is 0 Å². The first kappa shape index (κ1) is 26.7. The van der Waals surface area contributed by atoms with E-state index in [-0.39, 0.29) is 16.5 Å². The molecule has 1 aromatic carbocycles. The number of ether oxygens (including phenoxy) is 1. The zero-order chi connectivity index (χ0) is 27.7. The molecule has 0 aliphatic carbocycles. The maximum atomic E-state index is 13.9. The third-order valence-electron chi connectivity index (χ3n) is 6.76. The molecule has 2 aromatic heterocycles. The highest BCUT2D eigenvalue weighted by Crippen LogP contribution is 2.40. The number of aromatic nitrogens is 3. The van der Waals surface area contributed by atoms with Crippen molar-refractivity contribution in [2.24, 2.45) is 10.9 Å². The number of anilines is 1. The number of methoxy groups -OCH3 is 1. The summed E-state index contributed by atoms with van der Waals surface area (Å²) in [7, 11) is 1.30. The van der Waals surface area contributed by atoms with Crippen molar-refractivity contribution in [3.05, 3.63) is 79.9 Å². The molecular formula is C26H24ClFN6O4S. The fourth-order valence-corrected chi connectivity index (χ4v) is 5.66. The van der Waals surface area contributed by atoms with E-state index in [1.807, 2.05) is 10.3 Å². The predicted octanol–water partition coefficient (Wildman–Crippen LogP) is 4.17. The van der Waals surface area contributed by atoms with Crippen LogP contribution in [0, 0.1) is 18.7 Å². The molecule has 1 atom stereocenters. The number of carbonyl (C=O) groups excluding carboxylic acids is 1. The van der Waals surface area contributed by atoms with Gasteiger partial charge in [0.05, 0.1) is 23.9 Å². The smallest absolute Gasteiger partial charge is 0.339 e. The lowest BCUT2D eigenvalue weighted by Crippen LogP contribution is -2.42. The highest BCUT2D eigenvalue weighted by molar-refractivity contribution is 7.11. The Morgan fingerprint density at radius 2 is 2.03 bits per heavy atom. The summed E-state index contributed by atoms with van der Waals surface area (Å²) in [6.07, 6.45) is 4.27. The summed E-state index contributed by atoms with van der Waals surface area (Å²) in [5, 5.41) is 15.2. The van der Waals surface area contributed by atoms with Gasteiger partial charge < -0.3 is 20.1 Å². The highest BCUT2D eigenvalue weighted by atomic mass is 35.5. The number of aryl methyl sites for hydroxylation is 1. The second-order valence-corrected chi connectivity index (χ2v) is 10.4. The molecular weight excluding hydrogens is 547 g/mol. The van der Waals surface area contributed by atoms with Gasteiger partial charge in [0.2, 0.25) is 5.95 Å². The molecule has 0 spiro atoms. The highest BCUT2D eigenvalue weighted by Gasteiger charge is 2.37. The number of amidine groups is 1. The Labute approximate surface area is 232 Å². The van der Waals surface area contributed by atoms with Crippen molar-refractivity contribution in [2.45, 2.75) is 25.8 Å². The van der Waals surface area contributed by atoms with E-state index >= 15 is 0 Å². The molecule has 0 radical (unpaired) electrons. The van der Waals surface area contributed by atoms with Crippen molar-refractivity contribution in [2.75, 3.05) is 25.1 Å². The molecule has 0 saturated carbocycles. The van der Waals surface area contributed by atoms with Crippen LogP contribution in [0.5, 0.6) is 0 Å². The Balaban J connectivity index is 1.50. The topological polar surface area (TPSA) is 130 Å². The van der Waals surface area contributed by atoms with Crippen LogP contribution >= 0.6 is 22.9 Å². The van der Waals surface area contributed by atoms with Gasteiger partial charge in [0, 0.05) is 53.1 Å². The first-order chi connectivity index (χ1) is 18.8. The minimum Gasteiger partial charge on any atom is -0.478 e.